The zero-order valence-electron chi connectivity index (χ0n) is 19.0. The Balaban J connectivity index is 1.84. The molecule has 0 bridgehead atoms. The quantitative estimate of drug-likeness (QED) is 0.272. The van der Waals surface area contributed by atoms with Gasteiger partial charge in [-0.05, 0) is 43.3 Å². The third-order valence-electron chi connectivity index (χ3n) is 5.48. The van der Waals surface area contributed by atoms with Crippen LogP contribution in [0.2, 0.25) is 0 Å². The molecule has 0 N–H and O–H groups in total. The summed E-state index contributed by atoms with van der Waals surface area (Å²) < 4.78 is 44.2. The van der Waals surface area contributed by atoms with Crippen LogP contribution >= 0.6 is 0 Å². The molecule has 0 spiro atoms. The van der Waals surface area contributed by atoms with Crippen LogP contribution in [0.25, 0.3) is 0 Å². The minimum atomic E-state index is -4.11. The minimum absolute atomic E-state index is 0.0451. The fourth-order valence-electron chi connectivity index (χ4n) is 3.69. The van der Waals surface area contributed by atoms with Crippen molar-refractivity contribution >= 4 is 27.4 Å². The van der Waals surface area contributed by atoms with E-state index in [0.29, 0.717) is 16.9 Å². The highest BCUT2D eigenvalue weighted by Gasteiger charge is 2.29. The highest BCUT2D eigenvalue weighted by atomic mass is 32.2. The van der Waals surface area contributed by atoms with Gasteiger partial charge in [-0.25, -0.2) is 13.2 Å². The summed E-state index contributed by atoms with van der Waals surface area (Å²) in [5.74, 6) is -0.220. The van der Waals surface area contributed by atoms with Crippen molar-refractivity contribution in [1.82, 2.24) is 0 Å². The molecule has 0 fully saturated rings. The van der Waals surface area contributed by atoms with E-state index in [-0.39, 0.29) is 41.8 Å². The summed E-state index contributed by atoms with van der Waals surface area (Å²) >= 11 is 0. The number of nitro groups is 1. The highest BCUT2D eigenvalue weighted by molar-refractivity contribution is 7.92. The number of benzene rings is 3. The van der Waals surface area contributed by atoms with E-state index in [1.54, 1.807) is 12.1 Å². The summed E-state index contributed by atoms with van der Waals surface area (Å²) in [6.07, 6.45) is 0. The average Bonchev–Trinajstić information content (AvgIpc) is 2.86. The molecule has 0 aromatic heterocycles. The number of esters is 1. The van der Waals surface area contributed by atoms with Gasteiger partial charge in [0.05, 0.1) is 41.3 Å². The molecule has 1 heterocycles. The van der Waals surface area contributed by atoms with Crippen LogP contribution in [0.5, 0.6) is 5.75 Å². The van der Waals surface area contributed by atoms with Crippen molar-refractivity contribution in [3.05, 3.63) is 93.0 Å². The van der Waals surface area contributed by atoms with Crippen molar-refractivity contribution in [1.29, 1.82) is 0 Å². The predicted molar refractivity (Wildman–Crippen MR) is 126 cm³/mol. The van der Waals surface area contributed by atoms with Crippen LogP contribution in [0.15, 0.2) is 65.6 Å². The zero-order chi connectivity index (χ0) is 25.2. The van der Waals surface area contributed by atoms with E-state index < -0.39 is 20.9 Å². The van der Waals surface area contributed by atoms with E-state index in [2.05, 4.69) is 0 Å². The standard InChI is InChI=1S/C24H22N2O8S/c1-16-3-9-22(10-4-16)35(30,31)25(20-7-5-17(6-8-20)24(27)32-2)13-18-11-21(26(28)29)12-19-14-33-15-34-23(18)19/h3-12H,13-15H2,1-2H3. The van der Waals surface area contributed by atoms with E-state index in [1.807, 2.05) is 6.92 Å². The highest BCUT2D eigenvalue weighted by Crippen LogP contribution is 2.36. The fourth-order valence-corrected chi connectivity index (χ4v) is 5.14. The minimum Gasteiger partial charge on any atom is -0.467 e. The molecule has 10 nitrogen and oxygen atoms in total. The number of sulfonamides is 1. The number of rotatable bonds is 7. The normalized spacial score (nSPS) is 12.9. The first-order chi connectivity index (χ1) is 16.7. The molecular weight excluding hydrogens is 476 g/mol. The molecule has 0 saturated heterocycles. The molecule has 0 unspecified atom stereocenters. The molecule has 3 aromatic carbocycles. The largest absolute Gasteiger partial charge is 0.467 e. The van der Waals surface area contributed by atoms with Crippen molar-refractivity contribution in [2.45, 2.75) is 25.0 Å². The molecule has 0 atom stereocenters. The van der Waals surface area contributed by atoms with Crippen LogP contribution in [0.3, 0.4) is 0 Å². The maximum atomic E-state index is 13.7. The molecule has 182 valence electrons. The van der Waals surface area contributed by atoms with Crippen LogP contribution in [0.1, 0.15) is 27.0 Å². The molecule has 35 heavy (non-hydrogen) atoms. The van der Waals surface area contributed by atoms with Gasteiger partial charge in [-0.2, -0.15) is 0 Å². The first kappa shape index (κ1) is 24.2. The van der Waals surface area contributed by atoms with E-state index in [1.165, 1.54) is 55.6 Å². The lowest BCUT2D eigenvalue weighted by molar-refractivity contribution is -0.385. The fraction of sp³-hybridized carbons (Fsp3) is 0.208. The summed E-state index contributed by atoms with van der Waals surface area (Å²) in [7, 11) is -2.86. The number of nitrogens with zero attached hydrogens (tertiary/aromatic N) is 2. The Kier molecular flexibility index (Phi) is 6.72. The lowest BCUT2D eigenvalue weighted by Gasteiger charge is -2.27. The number of nitro benzene ring substituents is 1. The number of hydrogen-bond donors (Lipinski definition) is 0. The molecule has 1 aliphatic rings. The van der Waals surface area contributed by atoms with Crippen molar-refractivity contribution in [3.8, 4) is 5.75 Å². The Morgan fingerprint density at radius 1 is 1.11 bits per heavy atom. The van der Waals surface area contributed by atoms with Gasteiger partial charge in [0.1, 0.15) is 5.75 Å². The number of ether oxygens (including phenoxy) is 3. The number of carbonyl (C=O) groups excluding carboxylic acids is 1. The monoisotopic (exact) mass is 498 g/mol. The first-order valence-corrected chi connectivity index (χ1v) is 11.9. The second-order valence-corrected chi connectivity index (χ2v) is 9.69. The van der Waals surface area contributed by atoms with Crippen molar-refractivity contribution < 1.29 is 32.3 Å². The Labute approximate surface area is 201 Å². The topological polar surface area (TPSA) is 125 Å². The first-order valence-electron chi connectivity index (χ1n) is 10.5. The Bertz CT molecular complexity index is 1370. The summed E-state index contributed by atoms with van der Waals surface area (Å²) in [4.78, 5) is 22.9. The smallest absolute Gasteiger partial charge is 0.337 e. The lowest BCUT2D eigenvalue weighted by Crippen LogP contribution is -2.31. The van der Waals surface area contributed by atoms with E-state index in [9.17, 15) is 23.3 Å². The molecule has 0 radical (unpaired) electrons. The van der Waals surface area contributed by atoms with Crippen LogP contribution < -0.4 is 9.04 Å². The Hall–Kier alpha value is -3.96. The Morgan fingerprint density at radius 3 is 2.43 bits per heavy atom. The number of hydrogen-bond acceptors (Lipinski definition) is 8. The van der Waals surface area contributed by atoms with Gasteiger partial charge in [-0.15, -0.1) is 0 Å². The van der Waals surface area contributed by atoms with Gasteiger partial charge in [0.2, 0.25) is 0 Å². The third kappa shape index (κ3) is 4.96. The van der Waals surface area contributed by atoms with Gasteiger partial charge < -0.3 is 14.2 Å². The number of anilines is 1. The molecule has 1 aliphatic heterocycles. The molecule has 0 amide bonds. The predicted octanol–water partition coefficient (Wildman–Crippen LogP) is 3.95. The van der Waals surface area contributed by atoms with E-state index in [0.717, 1.165) is 9.87 Å². The van der Waals surface area contributed by atoms with Gasteiger partial charge in [0.25, 0.3) is 15.7 Å². The van der Waals surface area contributed by atoms with Crippen molar-refractivity contribution in [3.63, 3.8) is 0 Å². The summed E-state index contributed by atoms with van der Waals surface area (Å²) in [5.41, 5.74) is 1.95. The van der Waals surface area contributed by atoms with Crippen LogP contribution in [0, 0.1) is 17.0 Å². The SMILES string of the molecule is COC(=O)c1ccc(N(Cc2cc([N+](=O)[O-])cc3c2OCOC3)S(=O)(=O)c2ccc(C)cc2)cc1. The van der Waals surface area contributed by atoms with Crippen LogP contribution in [-0.4, -0.2) is 33.2 Å². The number of carbonyl (C=O) groups is 1. The maximum absolute atomic E-state index is 13.7. The maximum Gasteiger partial charge on any atom is 0.337 e. The van der Waals surface area contributed by atoms with E-state index >= 15 is 0 Å². The number of methoxy groups -OCH3 is 1. The average molecular weight is 499 g/mol. The molecule has 3 aromatic rings. The number of fused-ring (bicyclic) bond motifs is 1. The van der Waals surface area contributed by atoms with Gasteiger partial charge >= 0.3 is 5.97 Å². The summed E-state index contributed by atoms with van der Waals surface area (Å²) in [6, 6.07) is 14.9. The molecule has 0 saturated carbocycles. The summed E-state index contributed by atoms with van der Waals surface area (Å²) in [5, 5.41) is 11.5. The Morgan fingerprint density at radius 2 is 1.80 bits per heavy atom. The van der Waals surface area contributed by atoms with Crippen LogP contribution in [-0.2, 0) is 32.6 Å². The van der Waals surface area contributed by atoms with Gasteiger partial charge in [0.15, 0.2) is 6.79 Å². The van der Waals surface area contributed by atoms with Crippen molar-refractivity contribution in [2.75, 3.05) is 18.2 Å². The summed E-state index contributed by atoms with van der Waals surface area (Å²) in [6.45, 7) is 1.63. The van der Waals surface area contributed by atoms with Gasteiger partial charge in [0, 0.05) is 23.3 Å². The molecule has 11 heteroatoms. The molecular formula is C24H22N2O8S. The molecule has 4 rings (SSSR count). The number of aryl methyl sites for hydroxylation is 1. The third-order valence-corrected chi connectivity index (χ3v) is 7.27. The molecule has 0 aliphatic carbocycles. The van der Waals surface area contributed by atoms with E-state index in [4.69, 9.17) is 14.2 Å². The van der Waals surface area contributed by atoms with Crippen molar-refractivity contribution in [2.24, 2.45) is 0 Å². The van der Waals surface area contributed by atoms with Crippen LogP contribution in [0.4, 0.5) is 11.4 Å². The zero-order valence-corrected chi connectivity index (χ0v) is 19.8. The second kappa shape index (κ2) is 9.72. The number of non-ortho nitro benzene ring substituents is 1. The van der Waals surface area contributed by atoms with Gasteiger partial charge in [-0.3, -0.25) is 14.4 Å². The lowest BCUT2D eigenvalue weighted by atomic mass is 10.1. The van der Waals surface area contributed by atoms with Gasteiger partial charge in [-0.1, -0.05) is 17.7 Å². The second-order valence-electron chi connectivity index (χ2n) is 7.82.